The normalized spacial score (nSPS) is 11.5. The number of aromatic nitrogens is 4. The molecule has 0 unspecified atom stereocenters. The molecule has 0 bridgehead atoms. The lowest BCUT2D eigenvalue weighted by atomic mass is 9.94. The zero-order valence-corrected chi connectivity index (χ0v) is 27.4. The van der Waals surface area contributed by atoms with Crippen LogP contribution < -0.4 is 0 Å². The van der Waals surface area contributed by atoms with Crippen molar-refractivity contribution in [2.24, 2.45) is 0 Å². The van der Waals surface area contributed by atoms with Crippen molar-refractivity contribution in [1.82, 2.24) is 19.9 Å². The number of rotatable bonds is 5. The van der Waals surface area contributed by atoms with Gasteiger partial charge in [-0.2, -0.15) is 0 Å². The molecule has 0 aliphatic carbocycles. The van der Waals surface area contributed by atoms with Gasteiger partial charge in [0.15, 0.2) is 23.1 Å². The molecule has 238 valence electrons. The maximum atomic E-state index is 6.82. The second-order valence-corrected chi connectivity index (χ2v) is 12.7. The summed E-state index contributed by atoms with van der Waals surface area (Å²) < 4.78 is 6.82. The number of hydrogen-bond acceptors (Lipinski definition) is 5. The minimum absolute atomic E-state index is 0.586. The Bertz CT molecular complexity index is 2860. The summed E-state index contributed by atoms with van der Waals surface area (Å²) in [4.78, 5) is 20.2. The Balaban J connectivity index is 1.25. The Morgan fingerprint density at radius 1 is 0.392 bits per heavy atom. The van der Waals surface area contributed by atoms with Crippen LogP contribution in [-0.4, -0.2) is 19.9 Å². The van der Waals surface area contributed by atoms with Gasteiger partial charge in [-0.3, -0.25) is 4.98 Å². The van der Waals surface area contributed by atoms with Crippen LogP contribution in [0.15, 0.2) is 174 Å². The maximum absolute atomic E-state index is 6.82. The Morgan fingerprint density at radius 2 is 0.941 bits per heavy atom. The van der Waals surface area contributed by atoms with Crippen molar-refractivity contribution in [3.63, 3.8) is 0 Å². The van der Waals surface area contributed by atoms with Gasteiger partial charge in [-0.15, -0.1) is 0 Å². The maximum Gasteiger partial charge on any atom is 0.164 e. The van der Waals surface area contributed by atoms with Gasteiger partial charge in [-0.25, -0.2) is 15.0 Å². The molecule has 5 heteroatoms. The fourth-order valence-electron chi connectivity index (χ4n) is 7.06. The second kappa shape index (κ2) is 11.9. The van der Waals surface area contributed by atoms with E-state index in [0.29, 0.717) is 17.5 Å². The first-order chi connectivity index (χ1) is 25.3. The van der Waals surface area contributed by atoms with E-state index >= 15 is 0 Å². The molecule has 7 aromatic carbocycles. The van der Waals surface area contributed by atoms with Crippen molar-refractivity contribution in [3.05, 3.63) is 170 Å². The van der Waals surface area contributed by atoms with Crippen LogP contribution in [0.5, 0.6) is 0 Å². The smallest absolute Gasteiger partial charge is 0.164 e. The van der Waals surface area contributed by atoms with Crippen molar-refractivity contribution in [2.75, 3.05) is 0 Å². The van der Waals surface area contributed by atoms with Crippen LogP contribution in [0.4, 0.5) is 0 Å². The predicted molar refractivity (Wildman–Crippen MR) is 207 cm³/mol. The molecule has 0 fully saturated rings. The quantitative estimate of drug-likeness (QED) is 0.185. The second-order valence-electron chi connectivity index (χ2n) is 12.7. The number of pyridine rings is 1. The van der Waals surface area contributed by atoms with Crippen LogP contribution in [0.2, 0.25) is 0 Å². The van der Waals surface area contributed by atoms with Crippen molar-refractivity contribution < 1.29 is 4.42 Å². The number of benzene rings is 7. The molecule has 5 nitrogen and oxygen atoms in total. The monoisotopic (exact) mass is 652 g/mol. The third-order valence-electron chi connectivity index (χ3n) is 9.54. The highest BCUT2D eigenvalue weighted by Gasteiger charge is 2.22. The summed E-state index contributed by atoms with van der Waals surface area (Å²) in [6.07, 6.45) is 1.98. The number of nitrogens with zero attached hydrogens (tertiary/aromatic N) is 4. The lowest BCUT2D eigenvalue weighted by Gasteiger charge is -2.13. The fourth-order valence-corrected chi connectivity index (χ4v) is 7.06. The summed E-state index contributed by atoms with van der Waals surface area (Å²) in [7, 11) is 0. The first kappa shape index (κ1) is 29.0. The summed E-state index contributed by atoms with van der Waals surface area (Å²) in [6, 6.07) is 56.0. The number of furan rings is 1. The minimum atomic E-state index is 0.586. The van der Waals surface area contributed by atoms with E-state index in [-0.39, 0.29) is 0 Å². The fraction of sp³-hybridized carbons (Fsp3) is 0. The van der Waals surface area contributed by atoms with Gasteiger partial charge in [0.1, 0.15) is 11.3 Å². The average Bonchev–Trinajstić information content (AvgIpc) is 3.58. The van der Waals surface area contributed by atoms with E-state index in [1.807, 2.05) is 72.9 Å². The van der Waals surface area contributed by atoms with E-state index in [9.17, 15) is 0 Å². The van der Waals surface area contributed by atoms with Crippen LogP contribution in [0.25, 0.3) is 100 Å². The minimum Gasteiger partial charge on any atom is -0.454 e. The molecule has 0 saturated heterocycles. The van der Waals surface area contributed by atoms with E-state index in [1.54, 1.807) is 0 Å². The molecule has 0 aliphatic rings. The number of fused-ring (bicyclic) bond motifs is 5. The standard InChI is InChI=1S/C46H28N4O/c1-3-14-30(15-4-1)44-48-45(31-16-5-2-6-17-31)50-46(49-44)37-22-12-11-21-36(37)39-28-47-42(35-24-23-29-13-7-8-18-32(29)25-35)43-41(39)38-26-33-19-9-10-20-34(33)27-40(38)51-43/h1-28H. The summed E-state index contributed by atoms with van der Waals surface area (Å²) in [6.45, 7) is 0. The van der Waals surface area contributed by atoms with E-state index < -0.39 is 0 Å². The zero-order valence-electron chi connectivity index (χ0n) is 27.4. The van der Waals surface area contributed by atoms with Crippen LogP contribution in [-0.2, 0) is 0 Å². The Morgan fingerprint density at radius 3 is 1.63 bits per heavy atom. The average molecular weight is 653 g/mol. The highest BCUT2D eigenvalue weighted by atomic mass is 16.3. The molecule has 10 aromatic rings. The largest absolute Gasteiger partial charge is 0.454 e. The Hall–Kier alpha value is -6.98. The van der Waals surface area contributed by atoms with Crippen molar-refractivity contribution in [2.45, 2.75) is 0 Å². The molecular formula is C46H28N4O. The zero-order chi connectivity index (χ0) is 33.7. The molecule has 0 radical (unpaired) electrons. The van der Waals surface area contributed by atoms with Crippen LogP contribution in [0.3, 0.4) is 0 Å². The third kappa shape index (κ3) is 5.03. The van der Waals surface area contributed by atoms with Gasteiger partial charge in [-0.1, -0.05) is 146 Å². The first-order valence-electron chi connectivity index (χ1n) is 17.0. The molecule has 0 aliphatic heterocycles. The molecule has 0 atom stereocenters. The molecule has 51 heavy (non-hydrogen) atoms. The Labute approximate surface area is 293 Å². The molecular weight excluding hydrogens is 625 g/mol. The van der Waals surface area contributed by atoms with E-state index in [2.05, 4.69) is 97.1 Å². The SMILES string of the molecule is c1ccc(-c2nc(-c3ccccc3)nc(-c3ccccc3-c3cnc(-c4ccc5ccccc5c4)c4oc5cc6ccccc6cc5c34)n2)cc1. The molecule has 3 heterocycles. The topological polar surface area (TPSA) is 64.7 Å². The van der Waals surface area contributed by atoms with Crippen LogP contribution in [0, 0.1) is 0 Å². The van der Waals surface area contributed by atoms with Gasteiger partial charge in [-0.05, 0) is 45.3 Å². The Kier molecular flexibility index (Phi) is 6.74. The summed E-state index contributed by atoms with van der Waals surface area (Å²) in [5.41, 5.74) is 7.99. The van der Waals surface area contributed by atoms with E-state index in [4.69, 9.17) is 24.4 Å². The van der Waals surface area contributed by atoms with Gasteiger partial charge in [0.05, 0.1) is 0 Å². The first-order valence-corrected chi connectivity index (χ1v) is 17.0. The molecule has 0 amide bonds. The molecule has 10 rings (SSSR count). The van der Waals surface area contributed by atoms with Gasteiger partial charge >= 0.3 is 0 Å². The van der Waals surface area contributed by atoms with Gasteiger partial charge in [0.2, 0.25) is 0 Å². The lowest BCUT2D eigenvalue weighted by molar-refractivity contribution is 0.669. The molecule has 0 saturated carbocycles. The summed E-state index contributed by atoms with van der Waals surface area (Å²) in [5, 5.41) is 6.64. The van der Waals surface area contributed by atoms with E-state index in [1.165, 1.54) is 5.39 Å². The molecule has 0 N–H and O–H groups in total. The van der Waals surface area contributed by atoms with Crippen LogP contribution >= 0.6 is 0 Å². The third-order valence-corrected chi connectivity index (χ3v) is 9.54. The predicted octanol–water partition coefficient (Wildman–Crippen LogP) is 11.8. The van der Waals surface area contributed by atoms with Crippen LogP contribution in [0.1, 0.15) is 0 Å². The summed E-state index contributed by atoms with van der Waals surface area (Å²) in [5.74, 6) is 1.82. The lowest BCUT2D eigenvalue weighted by Crippen LogP contribution is -2.01. The van der Waals surface area contributed by atoms with Gasteiger partial charge in [0.25, 0.3) is 0 Å². The van der Waals surface area contributed by atoms with Crippen molar-refractivity contribution >= 4 is 43.5 Å². The van der Waals surface area contributed by atoms with E-state index in [0.717, 1.165) is 77.2 Å². The summed E-state index contributed by atoms with van der Waals surface area (Å²) >= 11 is 0. The van der Waals surface area contributed by atoms with Crippen molar-refractivity contribution in [3.8, 4) is 56.5 Å². The highest BCUT2D eigenvalue weighted by Crippen LogP contribution is 2.44. The van der Waals surface area contributed by atoms with Gasteiger partial charge < -0.3 is 4.42 Å². The molecule has 3 aromatic heterocycles. The van der Waals surface area contributed by atoms with Crippen molar-refractivity contribution in [1.29, 1.82) is 0 Å². The van der Waals surface area contributed by atoms with Gasteiger partial charge in [0, 0.05) is 44.8 Å². The number of hydrogen-bond donors (Lipinski definition) is 0. The highest BCUT2D eigenvalue weighted by molar-refractivity contribution is 6.18. The molecule has 0 spiro atoms.